The fourth-order valence-electron chi connectivity index (χ4n) is 3.53. The van der Waals surface area contributed by atoms with E-state index in [2.05, 4.69) is 37.4 Å². The van der Waals surface area contributed by atoms with Crippen LogP contribution in [0.1, 0.15) is 19.3 Å². The molecule has 9 nitrogen and oxygen atoms in total. The number of rotatable bonds is 5. The second kappa shape index (κ2) is 10.5. The van der Waals surface area contributed by atoms with Gasteiger partial charge in [0.05, 0.1) is 36.1 Å². The van der Waals surface area contributed by atoms with Gasteiger partial charge in [0.2, 0.25) is 11.8 Å². The van der Waals surface area contributed by atoms with Gasteiger partial charge in [-0.25, -0.2) is 15.0 Å². The molecule has 0 unspecified atom stereocenters. The minimum atomic E-state index is 0.220. The molecule has 5 rings (SSSR count). The van der Waals surface area contributed by atoms with Gasteiger partial charge >= 0.3 is 0 Å². The van der Waals surface area contributed by atoms with Crippen LogP contribution in [0.15, 0.2) is 65.4 Å². The van der Waals surface area contributed by atoms with Crippen LogP contribution < -0.4 is 10.2 Å². The lowest BCUT2D eigenvalue weighted by Crippen LogP contribution is -2.17. The van der Waals surface area contributed by atoms with E-state index in [4.69, 9.17) is 4.74 Å². The summed E-state index contributed by atoms with van der Waals surface area (Å²) in [5, 5.41) is 2.99. The number of aromatic nitrogens is 4. The van der Waals surface area contributed by atoms with Gasteiger partial charge in [-0.2, -0.15) is 4.98 Å². The highest BCUT2D eigenvalue weighted by Crippen LogP contribution is 2.24. The molecule has 9 heteroatoms. The molecule has 0 saturated carbocycles. The molecule has 0 saturated heterocycles. The molecule has 2 aliphatic heterocycles. The number of nitrogens with one attached hydrogen (secondary N) is 1. The van der Waals surface area contributed by atoms with E-state index in [-0.39, 0.29) is 6.54 Å². The Balaban J connectivity index is 0.000000196. The van der Waals surface area contributed by atoms with Crippen molar-refractivity contribution in [2.45, 2.75) is 19.3 Å². The third-order valence-corrected chi connectivity index (χ3v) is 5.10. The zero-order valence-corrected chi connectivity index (χ0v) is 18.8. The molecule has 0 spiro atoms. The number of aldehydes is 1. The van der Waals surface area contributed by atoms with Crippen molar-refractivity contribution < 1.29 is 9.53 Å². The number of ether oxygens (including phenoxy) is 1. The first-order chi connectivity index (χ1) is 16.2. The summed E-state index contributed by atoms with van der Waals surface area (Å²) in [5.74, 6) is 2.09. The quantitative estimate of drug-likeness (QED) is 0.600. The predicted octanol–water partition coefficient (Wildman–Crippen LogP) is 3.53. The lowest BCUT2D eigenvalue weighted by Gasteiger charge is -2.17. The SMILES string of the molecule is C1=CC2=C(N=CC1)OCCC2.CN(C)c1nc(-n2cnc3ccccc32)ncc1NCC=O. The number of carbonyl (C=O) groups excluding carboxylic acids is 1. The topological polar surface area (TPSA) is 97.5 Å². The number of para-hydroxylation sites is 2. The number of anilines is 2. The molecule has 0 fully saturated rings. The Labute approximate surface area is 192 Å². The van der Waals surface area contributed by atoms with Crippen LogP contribution in [0.5, 0.6) is 0 Å². The van der Waals surface area contributed by atoms with Crippen molar-refractivity contribution in [3.05, 3.63) is 60.4 Å². The summed E-state index contributed by atoms with van der Waals surface area (Å²) < 4.78 is 7.23. The predicted molar refractivity (Wildman–Crippen MR) is 130 cm³/mol. The fraction of sp³-hybridized carbons (Fsp3) is 0.292. The van der Waals surface area contributed by atoms with Crippen LogP contribution in [-0.4, -0.2) is 59.3 Å². The van der Waals surface area contributed by atoms with E-state index < -0.39 is 0 Å². The largest absolute Gasteiger partial charge is 0.477 e. The molecule has 2 aromatic heterocycles. The summed E-state index contributed by atoms with van der Waals surface area (Å²) in [6.45, 7) is 1.04. The number of hydrogen-bond acceptors (Lipinski definition) is 8. The van der Waals surface area contributed by atoms with Gasteiger partial charge in [0.1, 0.15) is 12.6 Å². The molecule has 0 aliphatic carbocycles. The van der Waals surface area contributed by atoms with Crippen molar-refractivity contribution in [1.82, 2.24) is 19.5 Å². The van der Waals surface area contributed by atoms with E-state index in [0.29, 0.717) is 17.5 Å². The Hall–Kier alpha value is -4.01. The molecule has 1 aromatic carbocycles. The number of hydrogen-bond donors (Lipinski definition) is 1. The van der Waals surface area contributed by atoms with Gasteiger partial charge in [0, 0.05) is 32.3 Å². The van der Waals surface area contributed by atoms with E-state index >= 15 is 0 Å². The van der Waals surface area contributed by atoms with Crippen molar-refractivity contribution in [1.29, 1.82) is 0 Å². The number of allylic oxidation sites excluding steroid dienone is 3. The maximum atomic E-state index is 10.5. The van der Waals surface area contributed by atoms with Gasteiger partial charge in [0.15, 0.2) is 5.82 Å². The minimum Gasteiger partial charge on any atom is -0.477 e. The molecule has 4 heterocycles. The highest BCUT2D eigenvalue weighted by atomic mass is 16.5. The molecule has 0 radical (unpaired) electrons. The lowest BCUT2D eigenvalue weighted by molar-refractivity contribution is -0.106. The molecule has 33 heavy (non-hydrogen) atoms. The Bertz CT molecular complexity index is 1190. The smallest absolute Gasteiger partial charge is 0.237 e. The molecule has 3 aromatic rings. The number of aliphatic imine (C=N–C) groups is 1. The average Bonchev–Trinajstić information content (AvgIpc) is 3.13. The van der Waals surface area contributed by atoms with Crippen LogP contribution in [0.25, 0.3) is 17.0 Å². The van der Waals surface area contributed by atoms with Gasteiger partial charge in [-0.1, -0.05) is 24.3 Å². The van der Waals surface area contributed by atoms with E-state index in [1.54, 1.807) is 12.5 Å². The first-order valence-electron chi connectivity index (χ1n) is 10.9. The molecule has 1 N–H and O–H groups in total. The van der Waals surface area contributed by atoms with E-state index in [9.17, 15) is 4.79 Å². The molecule has 0 atom stereocenters. The third kappa shape index (κ3) is 5.25. The monoisotopic (exact) mass is 445 g/mol. The van der Waals surface area contributed by atoms with Gasteiger partial charge < -0.3 is 19.7 Å². The zero-order chi connectivity index (χ0) is 23.0. The molecule has 0 amide bonds. The van der Waals surface area contributed by atoms with Crippen molar-refractivity contribution in [3.63, 3.8) is 0 Å². The number of benzene rings is 1. The maximum Gasteiger partial charge on any atom is 0.237 e. The molecule has 2 aliphatic rings. The van der Waals surface area contributed by atoms with Gasteiger partial charge in [-0.3, -0.25) is 4.57 Å². The van der Waals surface area contributed by atoms with E-state index in [0.717, 1.165) is 49.1 Å². The Morgan fingerprint density at radius 1 is 1.24 bits per heavy atom. The average molecular weight is 446 g/mol. The number of fused-ring (bicyclic) bond motifs is 1. The summed E-state index contributed by atoms with van der Waals surface area (Å²) in [7, 11) is 3.79. The van der Waals surface area contributed by atoms with Crippen LogP contribution in [0, 0.1) is 0 Å². The summed E-state index contributed by atoms with van der Waals surface area (Å²) in [4.78, 5) is 29.9. The van der Waals surface area contributed by atoms with Crippen molar-refractivity contribution in [2.75, 3.05) is 37.5 Å². The van der Waals surface area contributed by atoms with Crippen LogP contribution in [0.2, 0.25) is 0 Å². The molecular formula is C24H27N7O2. The second-order valence-corrected chi connectivity index (χ2v) is 7.68. The van der Waals surface area contributed by atoms with Gasteiger partial charge in [-0.15, -0.1) is 0 Å². The normalized spacial score (nSPS) is 14.6. The minimum absolute atomic E-state index is 0.220. The summed E-state index contributed by atoms with van der Waals surface area (Å²) in [6, 6.07) is 7.81. The third-order valence-electron chi connectivity index (χ3n) is 5.10. The standard InChI is InChI=1S/C15H16N6O.C9H11NO/c1-20(2)14-12(16-7-8-22)9-17-15(19-14)21-10-18-11-5-3-4-6-13(11)21;1-2-6-10-9-8(4-1)5-3-7-11-9/h3-6,8-10,16H,7H2,1-2H3;1,4,6H,2-3,5,7H2. The van der Waals surface area contributed by atoms with Crippen LogP contribution >= 0.6 is 0 Å². The second-order valence-electron chi connectivity index (χ2n) is 7.68. The van der Waals surface area contributed by atoms with Crippen LogP contribution in [-0.2, 0) is 9.53 Å². The first kappa shape index (κ1) is 22.2. The Kier molecular flexibility index (Phi) is 7.09. The van der Waals surface area contributed by atoms with Crippen molar-refractivity contribution >= 4 is 35.0 Å². The van der Waals surface area contributed by atoms with E-state index in [1.165, 1.54) is 5.57 Å². The number of nitrogens with zero attached hydrogens (tertiary/aromatic N) is 6. The Morgan fingerprint density at radius 3 is 2.97 bits per heavy atom. The summed E-state index contributed by atoms with van der Waals surface area (Å²) in [5.41, 5.74) is 3.80. The van der Waals surface area contributed by atoms with Crippen molar-refractivity contribution in [2.24, 2.45) is 4.99 Å². The Morgan fingerprint density at radius 2 is 2.12 bits per heavy atom. The fourth-order valence-corrected chi connectivity index (χ4v) is 3.53. The van der Waals surface area contributed by atoms with Crippen LogP contribution in [0.4, 0.5) is 11.5 Å². The maximum absolute atomic E-state index is 10.5. The van der Waals surface area contributed by atoms with Gasteiger partial charge in [-0.05, 0) is 25.0 Å². The van der Waals surface area contributed by atoms with E-state index in [1.807, 2.05) is 54.0 Å². The van der Waals surface area contributed by atoms with Crippen LogP contribution in [0.3, 0.4) is 0 Å². The zero-order valence-electron chi connectivity index (χ0n) is 18.8. The highest BCUT2D eigenvalue weighted by Gasteiger charge is 2.13. The molecule has 170 valence electrons. The first-order valence-corrected chi connectivity index (χ1v) is 10.9. The summed E-state index contributed by atoms with van der Waals surface area (Å²) >= 11 is 0. The molecule has 0 bridgehead atoms. The highest BCUT2D eigenvalue weighted by molar-refractivity contribution is 5.77. The number of imidazole rings is 1. The molecular weight excluding hydrogens is 418 g/mol. The lowest BCUT2D eigenvalue weighted by atomic mass is 10.1. The summed E-state index contributed by atoms with van der Waals surface area (Å²) in [6.07, 6.45) is 13.5. The van der Waals surface area contributed by atoms with Crippen molar-refractivity contribution in [3.8, 4) is 5.95 Å². The number of carbonyl (C=O) groups is 1. The van der Waals surface area contributed by atoms with Gasteiger partial charge in [0.25, 0.3) is 0 Å².